The Hall–Kier alpha value is -0.640. The number of thiophene rings is 1. The first-order valence-corrected chi connectivity index (χ1v) is 8.81. The summed E-state index contributed by atoms with van der Waals surface area (Å²) in [6.07, 6.45) is -3.63. The van der Waals surface area contributed by atoms with Crippen molar-refractivity contribution >= 4 is 21.4 Å². The van der Waals surface area contributed by atoms with E-state index in [4.69, 9.17) is 0 Å². The molecule has 1 saturated heterocycles. The number of alkyl halides is 3. The van der Waals surface area contributed by atoms with E-state index in [2.05, 4.69) is 4.72 Å². The van der Waals surface area contributed by atoms with Crippen molar-refractivity contribution in [3.8, 4) is 0 Å². The highest BCUT2D eigenvalue weighted by Gasteiger charge is 2.34. The lowest BCUT2D eigenvalue weighted by atomic mass is 10.1. The van der Waals surface area contributed by atoms with E-state index in [-0.39, 0.29) is 23.2 Å². The maximum atomic E-state index is 12.3. The van der Waals surface area contributed by atoms with E-state index in [0.717, 1.165) is 4.88 Å². The molecule has 0 spiro atoms. The van der Waals surface area contributed by atoms with Crippen LogP contribution in [-0.4, -0.2) is 45.7 Å². The summed E-state index contributed by atoms with van der Waals surface area (Å²) in [5.74, 6) is -0.0804. The molecule has 1 aliphatic heterocycles. The summed E-state index contributed by atoms with van der Waals surface area (Å²) in [5, 5.41) is 0. The van der Waals surface area contributed by atoms with Crippen molar-refractivity contribution in [3.05, 3.63) is 17.0 Å². The molecule has 21 heavy (non-hydrogen) atoms. The number of sulfonamides is 1. The number of halogens is 3. The van der Waals surface area contributed by atoms with Gasteiger partial charge in [-0.05, 0) is 37.9 Å². The standard InChI is InChI=1S/C12H17F3N2O2S2/c1-9-2-3-11(20-9)21(18,19)16-6-10-4-5-17(7-10)8-12(13,14)15/h2-3,10,16H,4-8H2,1H3/t10-/m1/s1. The van der Waals surface area contributed by atoms with Crippen LogP contribution in [0.2, 0.25) is 0 Å². The van der Waals surface area contributed by atoms with Crippen LogP contribution >= 0.6 is 11.3 Å². The summed E-state index contributed by atoms with van der Waals surface area (Å²) in [6, 6.07) is 3.26. The van der Waals surface area contributed by atoms with Crippen LogP contribution in [0.5, 0.6) is 0 Å². The largest absolute Gasteiger partial charge is 0.401 e. The van der Waals surface area contributed by atoms with Crippen LogP contribution in [0.1, 0.15) is 11.3 Å². The number of rotatable bonds is 5. The van der Waals surface area contributed by atoms with E-state index in [1.54, 1.807) is 6.07 Å². The zero-order valence-corrected chi connectivity index (χ0v) is 13.1. The molecule has 0 aliphatic carbocycles. The molecule has 1 aliphatic rings. The Morgan fingerprint density at radius 2 is 2.14 bits per heavy atom. The minimum Gasteiger partial charge on any atom is -0.295 e. The molecule has 0 unspecified atom stereocenters. The van der Waals surface area contributed by atoms with Gasteiger partial charge < -0.3 is 0 Å². The molecule has 2 heterocycles. The SMILES string of the molecule is Cc1ccc(S(=O)(=O)NC[C@H]2CCN(CC(F)(F)F)C2)s1. The minimum atomic E-state index is -4.21. The Bertz CT molecular complexity index is 584. The number of hydrogen-bond donors (Lipinski definition) is 1. The van der Waals surface area contributed by atoms with Crippen LogP contribution in [0.3, 0.4) is 0 Å². The highest BCUT2D eigenvalue weighted by molar-refractivity contribution is 7.91. The zero-order chi connectivity index (χ0) is 15.7. The van der Waals surface area contributed by atoms with Gasteiger partial charge in [-0.15, -0.1) is 11.3 Å². The third-order valence-electron chi connectivity index (χ3n) is 3.32. The average molecular weight is 342 g/mol. The summed E-state index contributed by atoms with van der Waals surface area (Å²) < 4.78 is 63.6. The predicted molar refractivity (Wildman–Crippen MR) is 74.8 cm³/mol. The van der Waals surface area contributed by atoms with Gasteiger partial charge in [0.15, 0.2) is 0 Å². The van der Waals surface area contributed by atoms with Gasteiger partial charge in [-0.1, -0.05) is 0 Å². The average Bonchev–Trinajstić information content (AvgIpc) is 2.94. The van der Waals surface area contributed by atoms with Crippen molar-refractivity contribution in [2.45, 2.75) is 23.7 Å². The molecular weight excluding hydrogens is 325 g/mol. The van der Waals surface area contributed by atoms with E-state index in [9.17, 15) is 21.6 Å². The molecule has 1 aromatic heterocycles. The molecule has 0 saturated carbocycles. The van der Waals surface area contributed by atoms with E-state index in [1.807, 2.05) is 6.92 Å². The number of hydrogen-bond acceptors (Lipinski definition) is 4. The molecule has 4 nitrogen and oxygen atoms in total. The quantitative estimate of drug-likeness (QED) is 0.893. The lowest BCUT2D eigenvalue weighted by molar-refractivity contribution is -0.143. The van der Waals surface area contributed by atoms with E-state index >= 15 is 0 Å². The molecule has 0 radical (unpaired) electrons. The Morgan fingerprint density at radius 1 is 1.43 bits per heavy atom. The number of aryl methyl sites for hydroxylation is 1. The summed E-state index contributed by atoms with van der Waals surface area (Å²) in [5.41, 5.74) is 0. The molecule has 0 amide bonds. The van der Waals surface area contributed by atoms with E-state index in [1.165, 1.54) is 22.3 Å². The van der Waals surface area contributed by atoms with Crippen LogP contribution in [-0.2, 0) is 10.0 Å². The summed E-state index contributed by atoms with van der Waals surface area (Å²) >= 11 is 1.18. The lowest BCUT2D eigenvalue weighted by Crippen LogP contribution is -2.34. The predicted octanol–water partition coefficient (Wildman–Crippen LogP) is 2.22. The molecule has 9 heteroatoms. The van der Waals surface area contributed by atoms with Gasteiger partial charge in [-0.2, -0.15) is 13.2 Å². The third-order valence-corrected chi connectivity index (χ3v) is 6.23. The number of likely N-dealkylation sites (tertiary alicyclic amines) is 1. The van der Waals surface area contributed by atoms with Gasteiger partial charge in [0.1, 0.15) is 4.21 Å². The molecule has 0 aromatic carbocycles. The molecule has 1 N–H and O–H groups in total. The first-order chi connectivity index (χ1) is 9.66. The van der Waals surface area contributed by atoms with Gasteiger partial charge in [0.2, 0.25) is 10.0 Å². The first kappa shape index (κ1) is 16.7. The molecular formula is C12H17F3N2O2S2. The second-order valence-electron chi connectivity index (χ2n) is 5.22. The fourth-order valence-electron chi connectivity index (χ4n) is 2.33. The van der Waals surface area contributed by atoms with Crippen molar-refractivity contribution in [3.63, 3.8) is 0 Å². The molecule has 120 valence electrons. The first-order valence-electron chi connectivity index (χ1n) is 6.51. The van der Waals surface area contributed by atoms with Gasteiger partial charge in [0, 0.05) is 18.0 Å². The smallest absolute Gasteiger partial charge is 0.295 e. The molecule has 1 fully saturated rings. The van der Waals surface area contributed by atoms with Crippen molar-refractivity contribution < 1.29 is 21.6 Å². The van der Waals surface area contributed by atoms with Gasteiger partial charge in [0.05, 0.1) is 6.54 Å². The van der Waals surface area contributed by atoms with E-state index in [0.29, 0.717) is 13.0 Å². The van der Waals surface area contributed by atoms with Crippen molar-refractivity contribution in [1.29, 1.82) is 0 Å². The normalized spacial score (nSPS) is 21.0. The second-order valence-corrected chi connectivity index (χ2v) is 8.50. The third kappa shape index (κ3) is 4.94. The monoisotopic (exact) mass is 342 g/mol. The van der Waals surface area contributed by atoms with Gasteiger partial charge in [-0.3, -0.25) is 4.90 Å². The highest BCUT2D eigenvalue weighted by Crippen LogP contribution is 2.24. The molecule has 0 bridgehead atoms. The summed E-state index contributed by atoms with van der Waals surface area (Å²) in [6.45, 7) is 1.68. The molecule has 1 atom stereocenters. The fraction of sp³-hybridized carbons (Fsp3) is 0.667. The topological polar surface area (TPSA) is 49.4 Å². The number of nitrogens with zero attached hydrogens (tertiary/aromatic N) is 1. The van der Waals surface area contributed by atoms with Crippen LogP contribution in [0.4, 0.5) is 13.2 Å². The highest BCUT2D eigenvalue weighted by atomic mass is 32.2. The van der Waals surface area contributed by atoms with Crippen molar-refractivity contribution in [2.75, 3.05) is 26.2 Å². The second kappa shape index (κ2) is 6.23. The Kier molecular flexibility index (Phi) is 4.96. The maximum Gasteiger partial charge on any atom is 0.401 e. The van der Waals surface area contributed by atoms with Crippen molar-refractivity contribution in [2.24, 2.45) is 5.92 Å². The lowest BCUT2D eigenvalue weighted by Gasteiger charge is -2.17. The Labute approximate surface area is 126 Å². The van der Waals surface area contributed by atoms with Gasteiger partial charge in [-0.25, -0.2) is 13.1 Å². The van der Waals surface area contributed by atoms with Crippen LogP contribution in [0.25, 0.3) is 0 Å². The fourth-order valence-corrected chi connectivity index (χ4v) is 4.78. The Balaban J connectivity index is 1.84. The molecule has 2 rings (SSSR count). The summed E-state index contributed by atoms with van der Waals surface area (Å²) in [7, 11) is -3.55. The minimum absolute atomic E-state index is 0.0804. The van der Waals surface area contributed by atoms with Gasteiger partial charge >= 0.3 is 6.18 Å². The van der Waals surface area contributed by atoms with E-state index < -0.39 is 22.7 Å². The van der Waals surface area contributed by atoms with Gasteiger partial charge in [0.25, 0.3) is 0 Å². The van der Waals surface area contributed by atoms with Crippen LogP contribution in [0, 0.1) is 12.8 Å². The molecule has 1 aromatic rings. The van der Waals surface area contributed by atoms with Crippen LogP contribution < -0.4 is 4.72 Å². The summed E-state index contributed by atoms with van der Waals surface area (Å²) in [4.78, 5) is 2.21. The maximum absolute atomic E-state index is 12.3. The number of nitrogens with one attached hydrogen (secondary N) is 1. The van der Waals surface area contributed by atoms with Crippen molar-refractivity contribution in [1.82, 2.24) is 9.62 Å². The zero-order valence-electron chi connectivity index (χ0n) is 11.5. The van der Waals surface area contributed by atoms with Crippen LogP contribution in [0.15, 0.2) is 16.3 Å². The Morgan fingerprint density at radius 3 is 2.71 bits per heavy atom.